The first-order chi connectivity index (χ1) is 22.4. The lowest BCUT2D eigenvalue weighted by Gasteiger charge is -2.36. The van der Waals surface area contributed by atoms with Crippen LogP contribution in [-0.4, -0.2) is 55.1 Å². The molecule has 2 heterocycles. The maximum absolute atomic E-state index is 14.4. The molecule has 11 nitrogen and oxygen atoms in total. The van der Waals surface area contributed by atoms with Crippen molar-refractivity contribution >= 4 is 45.7 Å². The molecule has 4 rings (SSSR count). The van der Waals surface area contributed by atoms with Crippen molar-refractivity contribution in [2.45, 2.75) is 65.0 Å². The summed E-state index contributed by atoms with van der Waals surface area (Å²) in [7, 11) is -3.35. The first-order valence-corrected chi connectivity index (χ1v) is 17.4. The second-order valence-corrected chi connectivity index (χ2v) is 13.7. The fourth-order valence-corrected chi connectivity index (χ4v) is 6.13. The van der Waals surface area contributed by atoms with Gasteiger partial charge in [-0.05, 0) is 86.7 Å². The Bertz CT molecular complexity index is 1620. The number of ether oxygens (including phenoxy) is 1. The Balaban J connectivity index is 0.00000625. The van der Waals surface area contributed by atoms with Crippen molar-refractivity contribution in [1.29, 1.82) is 0 Å². The SMILES string of the molecule is CCCCC(NC(=O)Nc1cc(CC(N)=O)c(F)cc1F)C1CCN(Cc2ccc(Oc3ccc(NS(=O)(=O)CC)cc3)nc2)CC1.Cl. The molecule has 15 heteroatoms. The lowest BCUT2D eigenvalue weighted by Crippen LogP contribution is -2.46. The van der Waals surface area contributed by atoms with Gasteiger partial charge in [-0.2, -0.15) is 0 Å². The van der Waals surface area contributed by atoms with E-state index in [2.05, 4.69) is 32.2 Å². The first kappa shape index (κ1) is 38.4. The van der Waals surface area contributed by atoms with Crippen LogP contribution < -0.4 is 25.8 Å². The summed E-state index contributed by atoms with van der Waals surface area (Å²) in [6.45, 7) is 6.00. The topological polar surface area (TPSA) is 156 Å². The number of sulfonamides is 1. The minimum Gasteiger partial charge on any atom is -0.439 e. The van der Waals surface area contributed by atoms with Gasteiger partial charge in [0.15, 0.2) is 0 Å². The van der Waals surface area contributed by atoms with Crippen LogP contribution in [0.2, 0.25) is 0 Å². The van der Waals surface area contributed by atoms with Crippen molar-refractivity contribution in [3.8, 4) is 11.6 Å². The quantitative estimate of drug-likeness (QED) is 0.152. The number of primary amides is 1. The number of anilines is 2. The summed E-state index contributed by atoms with van der Waals surface area (Å²) in [6, 6.07) is 11.4. The zero-order valence-electron chi connectivity index (χ0n) is 27.0. The third-order valence-electron chi connectivity index (χ3n) is 8.07. The Morgan fingerprint density at radius 1 is 1.06 bits per heavy atom. The number of nitrogens with one attached hydrogen (secondary N) is 3. The number of unbranched alkanes of at least 4 members (excludes halogenated alkanes) is 1. The van der Waals surface area contributed by atoms with E-state index in [-0.39, 0.29) is 41.4 Å². The van der Waals surface area contributed by atoms with Crippen molar-refractivity contribution in [2.24, 2.45) is 11.7 Å². The number of hydrogen-bond acceptors (Lipinski definition) is 7. The summed E-state index contributed by atoms with van der Waals surface area (Å²) in [5, 5.41) is 5.48. The van der Waals surface area contributed by atoms with Gasteiger partial charge in [0.25, 0.3) is 0 Å². The fraction of sp³-hybridized carbons (Fsp3) is 0.424. The Morgan fingerprint density at radius 2 is 1.77 bits per heavy atom. The van der Waals surface area contributed by atoms with Crippen molar-refractivity contribution in [3.63, 3.8) is 0 Å². The normalized spacial score (nSPS) is 14.4. The van der Waals surface area contributed by atoms with Gasteiger partial charge in [0.1, 0.15) is 17.4 Å². The van der Waals surface area contributed by atoms with Gasteiger partial charge in [0.05, 0.1) is 17.9 Å². The number of nitrogens with two attached hydrogens (primary N) is 1. The smallest absolute Gasteiger partial charge is 0.319 e. The minimum atomic E-state index is -3.35. The third-order valence-corrected chi connectivity index (χ3v) is 9.38. The lowest BCUT2D eigenvalue weighted by molar-refractivity contribution is -0.117. The van der Waals surface area contributed by atoms with Gasteiger partial charge in [-0.1, -0.05) is 25.8 Å². The highest BCUT2D eigenvalue weighted by molar-refractivity contribution is 7.92. The number of carbonyl (C=O) groups excluding carboxylic acids is 2. The molecule has 262 valence electrons. The van der Waals surface area contributed by atoms with Crippen LogP contribution in [0.1, 0.15) is 57.1 Å². The Morgan fingerprint density at radius 3 is 2.38 bits per heavy atom. The molecule has 48 heavy (non-hydrogen) atoms. The number of aromatic nitrogens is 1. The minimum absolute atomic E-state index is 0. The van der Waals surface area contributed by atoms with E-state index >= 15 is 0 Å². The number of piperidine rings is 1. The molecule has 1 atom stereocenters. The standard InChI is InChI=1S/C33H42F2N6O5S.ClH/c1-3-5-6-29(38-33(43)39-30-17-24(18-31(36)42)27(34)19-28(30)35)23-13-15-41(16-14-23)21-22-7-12-32(37-20-22)46-26-10-8-25(9-11-26)40-47(44,45)4-2;/h7-12,17,19-20,23,29,40H,3-6,13-16,18,21H2,1-2H3,(H2,36,42)(H2,38,39,43);1H. The predicted molar refractivity (Wildman–Crippen MR) is 184 cm³/mol. The molecule has 0 saturated carbocycles. The highest BCUT2D eigenvalue weighted by Crippen LogP contribution is 2.27. The molecule has 0 bridgehead atoms. The Kier molecular flexibility index (Phi) is 14.4. The molecule has 5 N–H and O–H groups in total. The van der Waals surface area contributed by atoms with E-state index in [0.717, 1.165) is 56.8 Å². The average molecular weight is 709 g/mol. The number of rotatable bonds is 15. The van der Waals surface area contributed by atoms with E-state index in [9.17, 15) is 26.8 Å². The van der Waals surface area contributed by atoms with Crippen LogP contribution in [0.5, 0.6) is 11.6 Å². The molecule has 1 aliphatic rings. The predicted octanol–water partition coefficient (Wildman–Crippen LogP) is 5.96. The zero-order chi connectivity index (χ0) is 34.0. The fourth-order valence-electron chi connectivity index (χ4n) is 5.49. The van der Waals surface area contributed by atoms with Gasteiger partial charge in [0, 0.05) is 36.6 Å². The maximum atomic E-state index is 14.4. The Labute approximate surface area is 286 Å². The van der Waals surface area contributed by atoms with Crippen LogP contribution in [0.15, 0.2) is 54.7 Å². The maximum Gasteiger partial charge on any atom is 0.319 e. The molecule has 0 radical (unpaired) electrons. The van der Waals surface area contributed by atoms with Crippen molar-refractivity contribution in [2.75, 3.05) is 28.9 Å². The molecular weight excluding hydrogens is 666 g/mol. The number of amides is 3. The summed E-state index contributed by atoms with van der Waals surface area (Å²) < 4.78 is 60.2. The lowest BCUT2D eigenvalue weighted by atomic mass is 9.86. The number of hydrogen-bond donors (Lipinski definition) is 4. The highest BCUT2D eigenvalue weighted by atomic mass is 35.5. The van der Waals surface area contributed by atoms with Gasteiger partial charge >= 0.3 is 6.03 Å². The molecular formula is C33H43ClF2N6O5S. The van der Waals surface area contributed by atoms with E-state index < -0.39 is 40.0 Å². The number of pyridine rings is 1. The average Bonchev–Trinajstić information content (AvgIpc) is 3.03. The second kappa shape index (κ2) is 17.9. The van der Waals surface area contributed by atoms with Gasteiger partial charge in [-0.3, -0.25) is 14.4 Å². The van der Waals surface area contributed by atoms with E-state index in [1.54, 1.807) is 43.5 Å². The third kappa shape index (κ3) is 11.6. The summed E-state index contributed by atoms with van der Waals surface area (Å²) >= 11 is 0. The molecule has 2 aromatic carbocycles. The van der Waals surface area contributed by atoms with Crippen LogP contribution >= 0.6 is 12.4 Å². The first-order valence-electron chi connectivity index (χ1n) is 15.7. The van der Waals surface area contributed by atoms with Crippen LogP contribution in [0.3, 0.4) is 0 Å². The van der Waals surface area contributed by atoms with E-state index in [1.807, 2.05) is 6.07 Å². The number of likely N-dealkylation sites (tertiary alicyclic amines) is 1. The summed E-state index contributed by atoms with van der Waals surface area (Å²) in [5.74, 6) is -1.44. The second-order valence-electron chi connectivity index (χ2n) is 11.7. The van der Waals surface area contributed by atoms with E-state index in [1.165, 1.54) is 0 Å². The summed E-state index contributed by atoms with van der Waals surface area (Å²) in [6.07, 6.45) is 5.74. The zero-order valence-corrected chi connectivity index (χ0v) is 28.6. The molecule has 0 spiro atoms. The number of urea groups is 1. The van der Waals surface area contributed by atoms with Crippen LogP contribution in [0.25, 0.3) is 0 Å². The summed E-state index contributed by atoms with van der Waals surface area (Å²) in [5.41, 5.74) is 6.33. The molecule has 3 aromatic rings. The molecule has 1 aromatic heterocycles. The van der Waals surface area contributed by atoms with Crippen LogP contribution in [0, 0.1) is 17.6 Å². The van der Waals surface area contributed by atoms with Crippen molar-refractivity contribution < 1.29 is 31.5 Å². The van der Waals surface area contributed by atoms with Crippen LogP contribution in [-0.2, 0) is 27.8 Å². The van der Waals surface area contributed by atoms with Gasteiger partial charge in [-0.15, -0.1) is 12.4 Å². The monoisotopic (exact) mass is 708 g/mol. The van der Waals surface area contributed by atoms with Gasteiger partial charge in [0.2, 0.25) is 21.8 Å². The Hall–Kier alpha value is -4.01. The van der Waals surface area contributed by atoms with Gasteiger partial charge < -0.3 is 21.1 Å². The van der Waals surface area contributed by atoms with Crippen molar-refractivity contribution in [3.05, 3.63) is 77.5 Å². The van der Waals surface area contributed by atoms with E-state index in [0.29, 0.717) is 29.9 Å². The summed E-state index contributed by atoms with van der Waals surface area (Å²) in [4.78, 5) is 30.9. The largest absolute Gasteiger partial charge is 0.439 e. The molecule has 1 unspecified atom stereocenters. The molecule has 1 fully saturated rings. The van der Waals surface area contributed by atoms with Crippen LogP contribution in [0.4, 0.5) is 25.0 Å². The van der Waals surface area contributed by atoms with E-state index in [4.69, 9.17) is 10.5 Å². The molecule has 1 saturated heterocycles. The number of carbonyl (C=O) groups is 2. The number of halogens is 3. The molecule has 1 aliphatic heterocycles. The molecule has 0 aliphatic carbocycles. The van der Waals surface area contributed by atoms with Gasteiger partial charge in [-0.25, -0.2) is 27.0 Å². The number of benzene rings is 2. The highest BCUT2D eigenvalue weighted by Gasteiger charge is 2.28. The van der Waals surface area contributed by atoms with Crippen molar-refractivity contribution in [1.82, 2.24) is 15.2 Å². The molecule has 3 amide bonds. The number of nitrogens with zero attached hydrogens (tertiary/aromatic N) is 2.